The van der Waals surface area contributed by atoms with E-state index in [4.69, 9.17) is 9.47 Å². The van der Waals surface area contributed by atoms with Crippen molar-refractivity contribution in [2.45, 2.75) is 12.8 Å². The molecule has 126 valence electrons. The van der Waals surface area contributed by atoms with Crippen LogP contribution in [0.25, 0.3) is 6.08 Å². The number of para-hydroxylation sites is 1. The Hall–Kier alpha value is -2.75. The molecule has 0 fully saturated rings. The maximum Gasteiger partial charge on any atom is 0.244 e. The van der Waals surface area contributed by atoms with E-state index in [1.54, 1.807) is 20.3 Å². The van der Waals surface area contributed by atoms with Gasteiger partial charge < -0.3 is 14.8 Å². The lowest BCUT2D eigenvalue weighted by molar-refractivity contribution is -0.116. The van der Waals surface area contributed by atoms with E-state index in [1.165, 1.54) is 11.6 Å². The zero-order valence-electron chi connectivity index (χ0n) is 14.1. The van der Waals surface area contributed by atoms with Crippen LogP contribution in [0.2, 0.25) is 0 Å². The molecule has 0 spiro atoms. The van der Waals surface area contributed by atoms with E-state index >= 15 is 0 Å². The van der Waals surface area contributed by atoms with Crippen LogP contribution in [-0.4, -0.2) is 26.7 Å². The van der Waals surface area contributed by atoms with Crippen molar-refractivity contribution in [1.29, 1.82) is 0 Å². The van der Waals surface area contributed by atoms with E-state index in [0.717, 1.165) is 29.9 Å². The molecule has 2 aromatic rings. The first-order valence-electron chi connectivity index (χ1n) is 7.95. The highest BCUT2D eigenvalue weighted by Gasteiger charge is 2.00. The molecule has 4 heteroatoms. The second kappa shape index (κ2) is 9.40. The minimum Gasteiger partial charge on any atom is -0.497 e. The van der Waals surface area contributed by atoms with Crippen molar-refractivity contribution in [2.75, 3.05) is 20.8 Å². The third kappa shape index (κ3) is 5.47. The SMILES string of the molecule is COc1cccc(CCCNC(=O)/C=C/c2ccccc2OC)c1. The summed E-state index contributed by atoms with van der Waals surface area (Å²) in [5, 5.41) is 2.89. The van der Waals surface area contributed by atoms with Gasteiger partial charge in [0.25, 0.3) is 0 Å². The van der Waals surface area contributed by atoms with Gasteiger partial charge >= 0.3 is 0 Å². The summed E-state index contributed by atoms with van der Waals surface area (Å²) in [6.45, 7) is 0.631. The lowest BCUT2D eigenvalue weighted by Crippen LogP contribution is -2.22. The topological polar surface area (TPSA) is 47.6 Å². The zero-order chi connectivity index (χ0) is 17.2. The van der Waals surface area contributed by atoms with Crippen LogP contribution in [0.3, 0.4) is 0 Å². The molecule has 1 amide bonds. The van der Waals surface area contributed by atoms with Crippen molar-refractivity contribution >= 4 is 12.0 Å². The van der Waals surface area contributed by atoms with Crippen molar-refractivity contribution < 1.29 is 14.3 Å². The molecule has 0 unspecified atom stereocenters. The summed E-state index contributed by atoms with van der Waals surface area (Å²) in [6, 6.07) is 15.6. The summed E-state index contributed by atoms with van der Waals surface area (Å²) in [6.07, 6.45) is 5.06. The van der Waals surface area contributed by atoms with Gasteiger partial charge in [0.05, 0.1) is 14.2 Å². The average molecular weight is 325 g/mol. The summed E-state index contributed by atoms with van der Waals surface area (Å²) < 4.78 is 10.5. The lowest BCUT2D eigenvalue weighted by atomic mass is 10.1. The van der Waals surface area contributed by atoms with Gasteiger partial charge in [-0.05, 0) is 42.7 Å². The molecule has 0 radical (unpaired) electrons. The van der Waals surface area contributed by atoms with Crippen LogP contribution in [0.15, 0.2) is 54.6 Å². The highest BCUT2D eigenvalue weighted by Crippen LogP contribution is 2.18. The molecule has 4 nitrogen and oxygen atoms in total. The quantitative estimate of drug-likeness (QED) is 0.597. The molecule has 0 heterocycles. The van der Waals surface area contributed by atoms with E-state index in [1.807, 2.05) is 42.5 Å². The first kappa shape index (κ1) is 17.6. The number of carbonyl (C=O) groups is 1. The van der Waals surface area contributed by atoms with Crippen molar-refractivity contribution in [3.8, 4) is 11.5 Å². The van der Waals surface area contributed by atoms with Crippen LogP contribution in [0.4, 0.5) is 0 Å². The number of nitrogens with one attached hydrogen (secondary N) is 1. The fraction of sp³-hybridized carbons (Fsp3) is 0.250. The fourth-order valence-corrected chi connectivity index (χ4v) is 2.36. The molecule has 24 heavy (non-hydrogen) atoms. The van der Waals surface area contributed by atoms with Gasteiger partial charge in [-0.15, -0.1) is 0 Å². The number of benzene rings is 2. The zero-order valence-corrected chi connectivity index (χ0v) is 14.1. The van der Waals surface area contributed by atoms with E-state index in [2.05, 4.69) is 11.4 Å². The highest BCUT2D eigenvalue weighted by atomic mass is 16.5. The van der Waals surface area contributed by atoms with Crippen molar-refractivity contribution in [3.05, 3.63) is 65.7 Å². The normalized spacial score (nSPS) is 10.6. The number of aryl methyl sites for hydroxylation is 1. The van der Waals surface area contributed by atoms with E-state index in [0.29, 0.717) is 6.54 Å². The average Bonchev–Trinajstić information content (AvgIpc) is 2.64. The minimum absolute atomic E-state index is 0.105. The van der Waals surface area contributed by atoms with Crippen LogP contribution in [0.5, 0.6) is 11.5 Å². The maximum atomic E-state index is 11.9. The number of amides is 1. The third-order valence-electron chi connectivity index (χ3n) is 3.63. The molecule has 0 aliphatic heterocycles. The number of methoxy groups -OCH3 is 2. The van der Waals surface area contributed by atoms with Crippen LogP contribution < -0.4 is 14.8 Å². The van der Waals surface area contributed by atoms with Gasteiger partial charge in [0.15, 0.2) is 0 Å². The van der Waals surface area contributed by atoms with Gasteiger partial charge in [0.1, 0.15) is 11.5 Å². The Kier molecular flexibility index (Phi) is 6.90. The second-order valence-electron chi connectivity index (χ2n) is 5.32. The van der Waals surface area contributed by atoms with Crippen molar-refractivity contribution in [2.24, 2.45) is 0 Å². The summed E-state index contributed by atoms with van der Waals surface area (Å²) in [5.74, 6) is 1.50. The highest BCUT2D eigenvalue weighted by molar-refractivity contribution is 5.92. The van der Waals surface area contributed by atoms with Gasteiger partial charge in [0, 0.05) is 18.2 Å². The Morgan fingerprint density at radius 3 is 2.71 bits per heavy atom. The molecule has 0 aromatic heterocycles. The molecule has 2 aromatic carbocycles. The first-order chi connectivity index (χ1) is 11.7. The Balaban J connectivity index is 1.76. The largest absolute Gasteiger partial charge is 0.497 e. The van der Waals surface area contributed by atoms with Gasteiger partial charge in [-0.1, -0.05) is 30.3 Å². The summed E-state index contributed by atoms with van der Waals surface area (Å²) in [4.78, 5) is 11.9. The van der Waals surface area contributed by atoms with E-state index in [-0.39, 0.29) is 5.91 Å². The monoisotopic (exact) mass is 325 g/mol. The molecule has 1 N–H and O–H groups in total. The van der Waals surface area contributed by atoms with Gasteiger partial charge in [-0.2, -0.15) is 0 Å². The minimum atomic E-state index is -0.105. The molecule has 2 rings (SSSR count). The summed E-state index contributed by atoms with van der Waals surface area (Å²) >= 11 is 0. The fourth-order valence-electron chi connectivity index (χ4n) is 2.36. The Morgan fingerprint density at radius 1 is 1.08 bits per heavy atom. The smallest absolute Gasteiger partial charge is 0.244 e. The van der Waals surface area contributed by atoms with Gasteiger partial charge in [-0.3, -0.25) is 4.79 Å². The third-order valence-corrected chi connectivity index (χ3v) is 3.63. The first-order valence-corrected chi connectivity index (χ1v) is 7.95. The number of hydrogen-bond acceptors (Lipinski definition) is 3. The van der Waals surface area contributed by atoms with Crippen LogP contribution in [0, 0.1) is 0 Å². The predicted molar refractivity (Wildman–Crippen MR) is 96.4 cm³/mol. The van der Waals surface area contributed by atoms with Crippen LogP contribution in [0.1, 0.15) is 17.5 Å². The number of hydrogen-bond donors (Lipinski definition) is 1. The predicted octanol–water partition coefficient (Wildman–Crippen LogP) is 3.47. The Morgan fingerprint density at radius 2 is 1.92 bits per heavy atom. The number of ether oxygens (including phenoxy) is 2. The van der Waals surface area contributed by atoms with Crippen molar-refractivity contribution in [3.63, 3.8) is 0 Å². The summed E-state index contributed by atoms with van der Waals surface area (Å²) in [7, 11) is 3.28. The van der Waals surface area contributed by atoms with Gasteiger partial charge in [-0.25, -0.2) is 0 Å². The molecule has 0 aliphatic carbocycles. The maximum absolute atomic E-state index is 11.9. The van der Waals surface area contributed by atoms with Gasteiger partial charge in [0.2, 0.25) is 5.91 Å². The second-order valence-corrected chi connectivity index (χ2v) is 5.32. The molecule has 0 saturated carbocycles. The molecule has 0 aliphatic rings. The molecular formula is C20H23NO3. The molecular weight excluding hydrogens is 302 g/mol. The lowest BCUT2D eigenvalue weighted by Gasteiger charge is -2.05. The molecule has 0 atom stereocenters. The number of rotatable bonds is 8. The molecule has 0 saturated heterocycles. The van der Waals surface area contributed by atoms with E-state index in [9.17, 15) is 4.79 Å². The van der Waals surface area contributed by atoms with Crippen LogP contribution in [-0.2, 0) is 11.2 Å². The van der Waals surface area contributed by atoms with E-state index < -0.39 is 0 Å². The Labute approximate surface area is 143 Å². The Bertz CT molecular complexity index is 695. The standard InChI is InChI=1S/C20H23NO3/c1-23-18-10-5-7-16(15-18)8-6-14-21-20(22)13-12-17-9-3-4-11-19(17)24-2/h3-5,7,9-13,15H,6,8,14H2,1-2H3,(H,21,22)/b13-12+. The number of carbonyl (C=O) groups excluding carboxylic acids is 1. The van der Waals surface area contributed by atoms with Crippen molar-refractivity contribution in [1.82, 2.24) is 5.32 Å². The van der Waals surface area contributed by atoms with Crippen LogP contribution >= 0.6 is 0 Å². The summed E-state index contributed by atoms with van der Waals surface area (Å²) in [5.41, 5.74) is 2.08. The molecule has 0 bridgehead atoms.